The molecule has 1 aliphatic rings. The zero-order valence-corrected chi connectivity index (χ0v) is 16.2. The van der Waals surface area contributed by atoms with Gasteiger partial charge in [-0.1, -0.05) is 32.0 Å². The molecule has 0 amide bonds. The summed E-state index contributed by atoms with van der Waals surface area (Å²) in [5, 5.41) is 2.41. The van der Waals surface area contributed by atoms with Crippen molar-refractivity contribution in [3.8, 4) is 11.3 Å². The molecule has 3 aromatic rings. The fourth-order valence-electron chi connectivity index (χ4n) is 3.68. The molecule has 0 saturated heterocycles. The minimum Gasteiger partial charge on any atom is -0.301 e. The number of nitrogens with zero attached hydrogens (tertiary/aromatic N) is 1. The SMILES string of the molecule is [CH]Cc1[c-]c2c(cc1)C(C)(C)c1cccc3cc(C[CH])nc-2c13.[Ir]. The van der Waals surface area contributed by atoms with Gasteiger partial charge in [-0.25, -0.2) is 0 Å². The summed E-state index contributed by atoms with van der Waals surface area (Å²) in [5.41, 5.74) is 6.44. The molecular formula is C22H18IrN-. The molecule has 1 aromatic heterocycles. The Morgan fingerprint density at radius 1 is 1.04 bits per heavy atom. The summed E-state index contributed by atoms with van der Waals surface area (Å²) in [4.78, 5) is 4.84. The summed E-state index contributed by atoms with van der Waals surface area (Å²) < 4.78 is 0. The molecule has 5 radical (unpaired) electrons. The van der Waals surface area contributed by atoms with Crippen LogP contribution in [0.4, 0.5) is 0 Å². The maximum absolute atomic E-state index is 5.86. The first-order valence-corrected chi connectivity index (χ1v) is 7.95. The van der Waals surface area contributed by atoms with Crippen LogP contribution in [0.3, 0.4) is 0 Å². The first-order valence-electron chi connectivity index (χ1n) is 7.95. The average Bonchev–Trinajstić information content (AvgIpc) is 2.58. The number of fused-ring (bicyclic) bond motifs is 2. The van der Waals surface area contributed by atoms with E-state index in [-0.39, 0.29) is 25.5 Å². The quantitative estimate of drug-likeness (QED) is 0.470. The zero-order valence-electron chi connectivity index (χ0n) is 13.8. The van der Waals surface area contributed by atoms with Crippen LogP contribution in [-0.2, 0) is 38.4 Å². The second-order valence-electron chi connectivity index (χ2n) is 6.67. The number of hydrogen-bond acceptors (Lipinski definition) is 1. The van der Waals surface area contributed by atoms with E-state index in [0.29, 0.717) is 12.8 Å². The molecule has 0 atom stereocenters. The van der Waals surface area contributed by atoms with Crippen molar-refractivity contribution in [1.82, 2.24) is 4.98 Å². The van der Waals surface area contributed by atoms with Crippen LogP contribution in [0.25, 0.3) is 22.0 Å². The number of rotatable bonds is 2. The molecule has 0 aliphatic heterocycles. The maximum atomic E-state index is 5.86. The minimum absolute atomic E-state index is 0. The second-order valence-corrected chi connectivity index (χ2v) is 6.67. The van der Waals surface area contributed by atoms with Gasteiger partial charge < -0.3 is 4.98 Å². The van der Waals surface area contributed by atoms with Gasteiger partial charge in [0, 0.05) is 25.8 Å². The first-order chi connectivity index (χ1) is 11.1. The monoisotopic (exact) mass is 489 g/mol. The van der Waals surface area contributed by atoms with Crippen molar-refractivity contribution in [2.45, 2.75) is 32.1 Å². The van der Waals surface area contributed by atoms with E-state index in [1.165, 1.54) is 21.9 Å². The standard InChI is InChI=1S/C22H18N.Ir/c1-5-14-10-11-18-17(12-14)21-20-15(13-16(6-2)23-21)8-7-9-19(20)22(18,3)4;/h1-2,7-11,13H,5-6H2,3-4H3;/q-1;. The van der Waals surface area contributed by atoms with E-state index < -0.39 is 0 Å². The van der Waals surface area contributed by atoms with Crippen LogP contribution in [0.5, 0.6) is 0 Å². The Kier molecular flexibility index (Phi) is 4.40. The molecule has 0 bridgehead atoms. The summed E-state index contributed by atoms with van der Waals surface area (Å²) >= 11 is 0. The molecule has 1 heterocycles. The van der Waals surface area contributed by atoms with Crippen molar-refractivity contribution < 1.29 is 20.1 Å². The van der Waals surface area contributed by atoms with Crippen LogP contribution in [0.15, 0.2) is 36.4 Å². The van der Waals surface area contributed by atoms with Crippen molar-refractivity contribution in [3.63, 3.8) is 0 Å². The van der Waals surface area contributed by atoms with Crippen LogP contribution in [0, 0.1) is 19.9 Å². The predicted octanol–water partition coefficient (Wildman–Crippen LogP) is 4.85. The van der Waals surface area contributed by atoms with Gasteiger partial charge in [-0.3, -0.25) is 0 Å². The summed E-state index contributed by atoms with van der Waals surface area (Å²) in [5.74, 6) is 0. The number of hydrogen-bond donors (Lipinski definition) is 0. The van der Waals surface area contributed by atoms with Crippen molar-refractivity contribution in [1.29, 1.82) is 0 Å². The van der Waals surface area contributed by atoms with Crippen LogP contribution >= 0.6 is 0 Å². The Bertz CT molecular complexity index is 925. The average molecular weight is 489 g/mol. The molecule has 24 heavy (non-hydrogen) atoms. The van der Waals surface area contributed by atoms with Gasteiger partial charge in [0.05, 0.1) is 0 Å². The smallest absolute Gasteiger partial charge is 0.0306 e. The summed E-state index contributed by atoms with van der Waals surface area (Å²) in [6, 6.07) is 16.3. The first kappa shape index (κ1) is 17.3. The Morgan fingerprint density at radius 2 is 1.83 bits per heavy atom. The summed E-state index contributed by atoms with van der Waals surface area (Å²) in [7, 11) is 0. The van der Waals surface area contributed by atoms with Gasteiger partial charge in [0.15, 0.2) is 0 Å². The van der Waals surface area contributed by atoms with Crippen molar-refractivity contribution in [2.75, 3.05) is 0 Å². The minimum atomic E-state index is -0.0859. The van der Waals surface area contributed by atoms with E-state index in [9.17, 15) is 0 Å². The van der Waals surface area contributed by atoms with E-state index >= 15 is 0 Å². The van der Waals surface area contributed by atoms with E-state index in [2.05, 4.69) is 56.3 Å². The molecule has 1 nitrogen and oxygen atoms in total. The van der Waals surface area contributed by atoms with E-state index in [0.717, 1.165) is 22.5 Å². The maximum Gasteiger partial charge on any atom is 0.0306 e. The third-order valence-corrected chi connectivity index (χ3v) is 4.93. The Balaban J connectivity index is 0.00000169. The Morgan fingerprint density at radius 3 is 2.54 bits per heavy atom. The molecule has 0 spiro atoms. The molecule has 1 aliphatic carbocycles. The molecule has 4 rings (SSSR count). The fraction of sp³-hybridized carbons (Fsp3) is 0.227. The summed E-state index contributed by atoms with van der Waals surface area (Å²) in [6.07, 6.45) is 0.914. The van der Waals surface area contributed by atoms with Gasteiger partial charge in [-0.05, 0) is 60.2 Å². The Labute approximate surface area is 157 Å². The van der Waals surface area contributed by atoms with Crippen molar-refractivity contribution in [2.24, 2.45) is 0 Å². The molecule has 0 fully saturated rings. The molecule has 0 N–H and O–H groups in total. The summed E-state index contributed by atoms with van der Waals surface area (Å²) in [6.45, 7) is 16.2. The van der Waals surface area contributed by atoms with Crippen molar-refractivity contribution in [3.05, 3.63) is 78.7 Å². The molecule has 0 unspecified atom stereocenters. The third kappa shape index (κ3) is 2.36. The predicted molar refractivity (Wildman–Crippen MR) is 94.2 cm³/mol. The zero-order chi connectivity index (χ0) is 16.2. The molecule has 0 saturated carbocycles. The second kappa shape index (κ2) is 6.10. The van der Waals surface area contributed by atoms with Gasteiger partial charge in [0.2, 0.25) is 0 Å². The molecule has 2 heteroatoms. The van der Waals surface area contributed by atoms with E-state index in [4.69, 9.17) is 18.8 Å². The number of benzene rings is 2. The fourth-order valence-corrected chi connectivity index (χ4v) is 3.68. The van der Waals surface area contributed by atoms with Gasteiger partial charge in [0.1, 0.15) is 0 Å². The largest absolute Gasteiger partial charge is 0.301 e. The third-order valence-electron chi connectivity index (χ3n) is 4.93. The van der Waals surface area contributed by atoms with Gasteiger partial charge in [0.25, 0.3) is 0 Å². The normalized spacial score (nSPS) is 14.2. The van der Waals surface area contributed by atoms with E-state index in [1.807, 2.05) is 0 Å². The molecule has 121 valence electrons. The van der Waals surface area contributed by atoms with Crippen LogP contribution in [0.1, 0.15) is 36.2 Å². The molecule has 2 aromatic carbocycles. The number of aromatic nitrogens is 1. The van der Waals surface area contributed by atoms with Crippen molar-refractivity contribution >= 4 is 10.8 Å². The van der Waals surface area contributed by atoms with Gasteiger partial charge in [-0.15, -0.1) is 34.9 Å². The van der Waals surface area contributed by atoms with Crippen LogP contribution < -0.4 is 0 Å². The number of pyridine rings is 1. The van der Waals surface area contributed by atoms with E-state index in [1.54, 1.807) is 0 Å². The Hall–Kier alpha value is -1.50. The topological polar surface area (TPSA) is 12.9 Å². The molecular weight excluding hydrogens is 470 g/mol. The van der Waals surface area contributed by atoms with Crippen LogP contribution in [0.2, 0.25) is 0 Å². The van der Waals surface area contributed by atoms with Gasteiger partial charge >= 0.3 is 0 Å². The van der Waals surface area contributed by atoms with Crippen LogP contribution in [-0.4, -0.2) is 4.98 Å². The van der Waals surface area contributed by atoms with Gasteiger partial charge in [-0.2, -0.15) is 0 Å².